The molecule has 1 unspecified atom stereocenters. The summed E-state index contributed by atoms with van der Waals surface area (Å²) in [7, 11) is 0. The highest BCUT2D eigenvalue weighted by molar-refractivity contribution is 6.30. The molecule has 0 fully saturated rings. The lowest BCUT2D eigenvalue weighted by Crippen LogP contribution is -2.02. The van der Waals surface area contributed by atoms with E-state index in [4.69, 9.17) is 16.3 Å². The molecule has 2 nitrogen and oxygen atoms in total. The van der Waals surface area contributed by atoms with Crippen molar-refractivity contribution in [3.63, 3.8) is 0 Å². The lowest BCUT2D eigenvalue weighted by Gasteiger charge is -2.15. The average molecular weight is 261 g/mol. The number of rotatable bonds is 2. The smallest absolute Gasteiger partial charge is 0.128 e. The Morgan fingerprint density at radius 3 is 2.83 bits per heavy atom. The summed E-state index contributed by atoms with van der Waals surface area (Å²) in [5.41, 5.74) is 2.76. The summed E-state index contributed by atoms with van der Waals surface area (Å²) in [5.74, 6) is 0.824. The van der Waals surface area contributed by atoms with Gasteiger partial charge in [0.1, 0.15) is 11.9 Å². The number of benzene rings is 2. The monoisotopic (exact) mass is 260 g/mol. The van der Waals surface area contributed by atoms with Crippen LogP contribution in [0.15, 0.2) is 42.5 Å². The highest BCUT2D eigenvalue weighted by Crippen LogP contribution is 2.36. The van der Waals surface area contributed by atoms with Gasteiger partial charge in [0.2, 0.25) is 0 Å². The SMILES string of the molecule is OC(c1cccc(Cl)c1)c1cccc2c1OCC2. The molecule has 0 radical (unpaired) electrons. The fourth-order valence-corrected chi connectivity index (χ4v) is 2.51. The number of aliphatic hydroxyl groups excluding tert-OH is 1. The van der Waals surface area contributed by atoms with E-state index in [0.29, 0.717) is 11.6 Å². The van der Waals surface area contributed by atoms with Gasteiger partial charge in [-0.25, -0.2) is 0 Å². The van der Waals surface area contributed by atoms with Crippen LogP contribution in [-0.2, 0) is 6.42 Å². The Hall–Kier alpha value is -1.51. The zero-order valence-corrected chi connectivity index (χ0v) is 10.5. The van der Waals surface area contributed by atoms with Crippen LogP contribution in [0.3, 0.4) is 0 Å². The number of ether oxygens (including phenoxy) is 1. The minimum absolute atomic E-state index is 0.625. The Morgan fingerprint density at radius 1 is 1.17 bits per heavy atom. The van der Waals surface area contributed by atoms with E-state index >= 15 is 0 Å². The molecular formula is C15H13ClO2. The van der Waals surface area contributed by atoms with Crippen molar-refractivity contribution in [1.29, 1.82) is 0 Å². The third-order valence-corrected chi connectivity index (χ3v) is 3.44. The first kappa shape index (κ1) is 11.6. The van der Waals surface area contributed by atoms with E-state index in [1.165, 1.54) is 0 Å². The Balaban J connectivity index is 2.03. The third kappa shape index (κ3) is 1.98. The van der Waals surface area contributed by atoms with Crippen molar-refractivity contribution in [3.05, 3.63) is 64.2 Å². The summed E-state index contributed by atoms with van der Waals surface area (Å²) in [6.07, 6.45) is 0.211. The first-order valence-electron chi connectivity index (χ1n) is 5.94. The summed E-state index contributed by atoms with van der Waals surface area (Å²) in [6.45, 7) is 0.689. The summed E-state index contributed by atoms with van der Waals surface area (Å²) >= 11 is 5.95. The van der Waals surface area contributed by atoms with E-state index in [9.17, 15) is 5.11 Å². The molecule has 2 aromatic carbocycles. The van der Waals surface area contributed by atoms with Gasteiger partial charge in [-0.3, -0.25) is 0 Å². The third-order valence-electron chi connectivity index (χ3n) is 3.20. The number of aliphatic hydroxyl groups is 1. The molecule has 0 saturated carbocycles. The molecule has 3 heteroatoms. The van der Waals surface area contributed by atoms with E-state index in [1.54, 1.807) is 12.1 Å². The van der Waals surface area contributed by atoms with E-state index < -0.39 is 6.10 Å². The minimum Gasteiger partial charge on any atom is -0.493 e. The van der Waals surface area contributed by atoms with Crippen LogP contribution in [0.5, 0.6) is 5.75 Å². The Kier molecular flexibility index (Phi) is 2.98. The van der Waals surface area contributed by atoms with Crippen LogP contribution >= 0.6 is 11.6 Å². The van der Waals surface area contributed by atoms with E-state index in [1.807, 2.05) is 30.3 Å². The summed E-state index contributed by atoms with van der Waals surface area (Å²) in [4.78, 5) is 0. The zero-order valence-electron chi connectivity index (χ0n) is 9.77. The first-order valence-corrected chi connectivity index (χ1v) is 6.31. The second kappa shape index (κ2) is 4.63. The van der Waals surface area contributed by atoms with Crippen LogP contribution in [0.25, 0.3) is 0 Å². The largest absolute Gasteiger partial charge is 0.493 e. The predicted octanol–water partition coefficient (Wildman–Crippen LogP) is 3.36. The maximum Gasteiger partial charge on any atom is 0.128 e. The Bertz CT molecular complexity index is 580. The van der Waals surface area contributed by atoms with Gasteiger partial charge >= 0.3 is 0 Å². The number of fused-ring (bicyclic) bond motifs is 1. The van der Waals surface area contributed by atoms with Gasteiger partial charge in [0, 0.05) is 17.0 Å². The molecule has 18 heavy (non-hydrogen) atoms. The van der Waals surface area contributed by atoms with E-state index in [-0.39, 0.29) is 0 Å². The van der Waals surface area contributed by atoms with Gasteiger partial charge in [-0.1, -0.05) is 41.9 Å². The van der Waals surface area contributed by atoms with Crippen LogP contribution in [0, 0.1) is 0 Å². The fourth-order valence-electron chi connectivity index (χ4n) is 2.31. The zero-order chi connectivity index (χ0) is 12.5. The first-order chi connectivity index (χ1) is 8.75. The summed E-state index contributed by atoms with van der Waals surface area (Å²) in [5, 5.41) is 11.1. The van der Waals surface area contributed by atoms with Crippen molar-refractivity contribution < 1.29 is 9.84 Å². The topological polar surface area (TPSA) is 29.5 Å². The Labute approximate surface area is 111 Å². The molecule has 1 heterocycles. The van der Waals surface area contributed by atoms with Gasteiger partial charge in [-0.15, -0.1) is 0 Å². The van der Waals surface area contributed by atoms with E-state index in [2.05, 4.69) is 0 Å². The molecule has 0 aromatic heterocycles. The quantitative estimate of drug-likeness (QED) is 0.897. The molecule has 3 rings (SSSR count). The highest BCUT2D eigenvalue weighted by Gasteiger charge is 2.21. The average Bonchev–Trinajstić information content (AvgIpc) is 2.86. The van der Waals surface area contributed by atoms with Gasteiger partial charge in [0.15, 0.2) is 0 Å². The van der Waals surface area contributed by atoms with E-state index in [0.717, 1.165) is 28.9 Å². The summed E-state index contributed by atoms with van der Waals surface area (Å²) < 4.78 is 5.61. The van der Waals surface area contributed by atoms with Crippen molar-refractivity contribution >= 4 is 11.6 Å². The van der Waals surface area contributed by atoms with Gasteiger partial charge in [0.05, 0.1) is 6.61 Å². The maximum atomic E-state index is 10.4. The van der Waals surface area contributed by atoms with Crippen LogP contribution in [0.4, 0.5) is 0 Å². The molecule has 0 aliphatic carbocycles. The van der Waals surface area contributed by atoms with Gasteiger partial charge in [-0.2, -0.15) is 0 Å². The van der Waals surface area contributed by atoms with Gasteiger partial charge < -0.3 is 9.84 Å². The predicted molar refractivity (Wildman–Crippen MR) is 71.2 cm³/mol. The molecular weight excluding hydrogens is 248 g/mol. The standard InChI is InChI=1S/C15H13ClO2/c16-12-5-1-4-11(9-12)14(17)13-6-2-3-10-7-8-18-15(10)13/h1-6,9,14,17H,7-8H2. The van der Waals surface area contributed by atoms with Gasteiger partial charge in [0.25, 0.3) is 0 Å². The van der Waals surface area contributed by atoms with Crippen molar-refractivity contribution in [3.8, 4) is 5.75 Å². The van der Waals surface area contributed by atoms with Crippen LogP contribution in [0.1, 0.15) is 22.8 Å². The lowest BCUT2D eigenvalue weighted by molar-refractivity contribution is 0.213. The van der Waals surface area contributed by atoms with Crippen molar-refractivity contribution in [2.45, 2.75) is 12.5 Å². The number of halogens is 1. The maximum absolute atomic E-state index is 10.4. The lowest BCUT2D eigenvalue weighted by atomic mass is 9.98. The van der Waals surface area contributed by atoms with Crippen molar-refractivity contribution in [2.75, 3.05) is 6.61 Å². The molecule has 1 aliphatic heterocycles. The number of hydrogen-bond acceptors (Lipinski definition) is 2. The molecule has 1 N–H and O–H groups in total. The second-order valence-electron chi connectivity index (χ2n) is 4.39. The van der Waals surface area contributed by atoms with Crippen LogP contribution in [0.2, 0.25) is 5.02 Å². The molecule has 2 aromatic rings. The highest BCUT2D eigenvalue weighted by atomic mass is 35.5. The van der Waals surface area contributed by atoms with Crippen LogP contribution in [-0.4, -0.2) is 11.7 Å². The summed E-state index contributed by atoms with van der Waals surface area (Å²) in [6, 6.07) is 13.2. The second-order valence-corrected chi connectivity index (χ2v) is 4.83. The fraction of sp³-hybridized carbons (Fsp3) is 0.200. The van der Waals surface area contributed by atoms with Crippen LogP contribution < -0.4 is 4.74 Å². The van der Waals surface area contributed by atoms with Crippen molar-refractivity contribution in [1.82, 2.24) is 0 Å². The number of hydrogen-bond donors (Lipinski definition) is 1. The molecule has 0 amide bonds. The minimum atomic E-state index is -0.697. The van der Waals surface area contributed by atoms with Crippen molar-refractivity contribution in [2.24, 2.45) is 0 Å². The molecule has 92 valence electrons. The molecule has 0 saturated heterocycles. The number of para-hydroxylation sites is 1. The molecule has 0 bridgehead atoms. The molecule has 1 aliphatic rings. The normalized spacial score (nSPS) is 15.0. The molecule has 0 spiro atoms. The molecule has 1 atom stereocenters. The Morgan fingerprint density at radius 2 is 2.00 bits per heavy atom. The van der Waals surface area contributed by atoms with Gasteiger partial charge in [-0.05, 0) is 23.3 Å².